The van der Waals surface area contributed by atoms with Gasteiger partial charge < -0.3 is 0 Å². The fraction of sp³-hybridized carbons (Fsp3) is 0.0769. The molecule has 9 rings (SSSR count). The molecule has 43 heavy (non-hydrogen) atoms. The van der Waals surface area contributed by atoms with Crippen molar-refractivity contribution in [1.82, 2.24) is 14.5 Å². The quantitative estimate of drug-likeness (QED) is 0.206. The van der Waals surface area contributed by atoms with Crippen molar-refractivity contribution in [2.75, 3.05) is 0 Å². The highest BCUT2D eigenvalue weighted by atomic mass is 35.5. The summed E-state index contributed by atoms with van der Waals surface area (Å²) in [5.41, 5.74) is 10.1. The number of hydrogen-bond donors (Lipinski definition) is 0. The number of aromatic nitrogens is 3. The van der Waals surface area contributed by atoms with E-state index in [0.717, 1.165) is 38.6 Å². The van der Waals surface area contributed by atoms with E-state index >= 15 is 0 Å². The Kier molecular flexibility index (Phi) is 5.01. The first-order valence-electron chi connectivity index (χ1n) is 14.6. The van der Waals surface area contributed by atoms with Gasteiger partial charge in [0.05, 0.1) is 22.2 Å². The molecule has 1 aliphatic rings. The second-order valence-corrected chi connectivity index (χ2v) is 12.5. The van der Waals surface area contributed by atoms with E-state index in [1.54, 1.807) is 0 Å². The molecule has 0 radical (unpaired) electrons. The fourth-order valence-electron chi connectivity index (χ4n) is 7.12. The molecule has 0 atom stereocenters. The standard InChI is InChI=1S/C39H26ClN3/c1-39(2)32-13-7-5-11-27(32)30-22-36-31(21-33(30)39)28-18-17-26(40)20-35(28)43(36)38-41-34-14-8-6-12-29(34)37(42-38)25-16-15-23-9-3-4-10-24(23)19-25/h3-22H,1-2H3. The lowest BCUT2D eigenvalue weighted by Gasteiger charge is -2.21. The van der Waals surface area contributed by atoms with Crippen molar-refractivity contribution in [3.8, 4) is 28.3 Å². The first-order valence-corrected chi connectivity index (χ1v) is 15.0. The van der Waals surface area contributed by atoms with Gasteiger partial charge in [-0.15, -0.1) is 0 Å². The summed E-state index contributed by atoms with van der Waals surface area (Å²) in [6.45, 7) is 4.64. The number of hydrogen-bond acceptors (Lipinski definition) is 2. The van der Waals surface area contributed by atoms with Crippen molar-refractivity contribution < 1.29 is 0 Å². The number of benzene rings is 6. The van der Waals surface area contributed by atoms with Crippen LogP contribution in [0.4, 0.5) is 0 Å². The average Bonchev–Trinajstić information content (AvgIpc) is 3.47. The van der Waals surface area contributed by atoms with E-state index < -0.39 is 0 Å². The number of fused-ring (bicyclic) bond motifs is 8. The third-order valence-electron chi connectivity index (χ3n) is 9.25. The van der Waals surface area contributed by atoms with Gasteiger partial charge in [0.25, 0.3) is 0 Å². The Bertz CT molecular complexity index is 2450. The molecule has 4 heteroatoms. The molecule has 2 heterocycles. The molecule has 0 spiro atoms. The molecule has 0 unspecified atom stereocenters. The molecule has 204 valence electrons. The highest BCUT2D eigenvalue weighted by Gasteiger charge is 2.36. The fourth-order valence-corrected chi connectivity index (χ4v) is 7.29. The predicted octanol–water partition coefficient (Wildman–Crippen LogP) is 10.5. The van der Waals surface area contributed by atoms with Gasteiger partial charge in [-0.2, -0.15) is 0 Å². The van der Waals surface area contributed by atoms with Gasteiger partial charge in [-0.3, -0.25) is 4.57 Å². The van der Waals surface area contributed by atoms with Gasteiger partial charge in [0.15, 0.2) is 0 Å². The van der Waals surface area contributed by atoms with E-state index in [-0.39, 0.29) is 5.41 Å². The summed E-state index contributed by atoms with van der Waals surface area (Å²) in [5.74, 6) is 0.634. The van der Waals surface area contributed by atoms with Gasteiger partial charge in [-0.05, 0) is 69.4 Å². The lowest BCUT2D eigenvalue weighted by atomic mass is 9.82. The predicted molar refractivity (Wildman–Crippen MR) is 179 cm³/mol. The third-order valence-corrected chi connectivity index (χ3v) is 9.48. The summed E-state index contributed by atoms with van der Waals surface area (Å²) in [6.07, 6.45) is 0. The minimum absolute atomic E-state index is 0.0936. The molecule has 2 aromatic heterocycles. The molecule has 0 N–H and O–H groups in total. The minimum Gasteiger partial charge on any atom is -0.278 e. The van der Waals surface area contributed by atoms with Crippen LogP contribution in [-0.4, -0.2) is 14.5 Å². The Morgan fingerprint density at radius 1 is 0.581 bits per heavy atom. The van der Waals surface area contributed by atoms with Crippen LogP contribution < -0.4 is 0 Å². The zero-order valence-electron chi connectivity index (χ0n) is 23.8. The Morgan fingerprint density at radius 2 is 1.35 bits per heavy atom. The molecule has 6 aromatic carbocycles. The molecular formula is C39H26ClN3. The van der Waals surface area contributed by atoms with Crippen LogP contribution in [0, 0.1) is 0 Å². The monoisotopic (exact) mass is 571 g/mol. The molecule has 1 aliphatic carbocycles. The number of para-hydroxylation sites is 1. The van der Waals surface area contributed by atoms with Crippen LogP contribution in [0.15, 0.2) is 121 Å². The van der Waals surface area contributed by atoms with E-state index in [1.807, 2.05) is 18.2 Å². The van der Waals surface area contributed by atoms with Gasteiger partial charge in [0, 0.05) is 32.2 Å². The van der Waals surface area contributed by atoms with Crippen molar-refractivity contribution in [3.05, 3.63) is 137 Å². The lowest BCUT2D eigenvalue weighted by molar-refractivity contribution is 0.661. The average molecular weight is 572 g/mol. The zero-order valence-corrected chi connectivity index (χ0v) is 24.5. The van der Waals surface area contributed by atoms with Crippen molar-refractivity contribution in [2.24, 2.45) is 0 Å². The Labute approximate surface area is 254 Å². The van der Waals surface area contributed by atoms with Crippen LogP contribution >= 0.6 is 11.6 Å². The molecule has 0 amide bonds. The highest BCUT2D eigenvalue weighted by Crippen LogP contribution is 2.51. The molecule has 0 saturated heterocycles. The van der Waals surface area contributed by atoms with Crippen LogP contribution in [0.3, 0.4) is 0 Å². The maximum atomic E-state index is 6.64. The van der Waals surface area contributed by atoms with Crippen molar-refractivity contribution >= 4 is 55.1 Å². The number of halogens is 1. The summed E-state index contributed by atoms with van der Waals surface area (Å²) >= 11 is 6.64. The van der Waals surface area contributed by atoms with Crippen LogP contribution in [0.2, 0.25) is 5.02 Å². The number of rotatable bonds is 2. The van der Waals surface area contributed by atoms with Gasteiger partial charge in [0.1, 0.15) is 0 Å². The van der Waals surface area contributed by atoms with Gasteiger partial charge in [-0.1, -0.05) is 110 Å². The molecule has 3 nitrogen and oxygen atoms in total. The van der Waals surface area contributed by atoms with E-state index in [4.69, 9.17) is 21.6 Å². The van der Waals surface area contributed by atoms with Crippen LogP contribution in [-0.2, 0) is 5.41 Å². The van der Waals surface area contributed by atoms with Gasteiger partial charge >= 0.3 is 0 Å². The number of nitrogens with zero attached hydrogens (tertiary/aromatic N) is 3. The first-order chi connectivity index (χ1) is 21.0. The van der Waals surface area contributed by atoms with E-state index in [2.05, 4.69) is 122 Å². The Morgan fingerprint density at radius 3 is 2.26 bits per heavy atom. The van der Waals surface area contributed by atoms with Crippen LogP contribution in [0.1, 0.15) is 25.0 Å². The molecular weight excluding hydrogens is 546 g/mol. The molecule has 0 fully saturated rings. The Hall–Kier alpha value is -4.99. The molecule has 0 saturated carbocycles. The normalized spacial score (nSPS) is 13.7. The van der Waals surface area contributed by atoms with E-state index in [0.29, 0.717) is 11.0 Å². The largest absolute Gasteiger partial charge is 0.278 e. The second-order valence-electron chi connectivity index (χ2n) is 12.0. The van der Waals surface area contributed by atoms with Crippen molar-refractivity contribution in [1.29, 1.82) is 0 Å². The van der Waals surface area contributed by atoms with Crippen LogP contribution in [0.5, 0.6) is 0 Å². The topological polar surface area (TPSA) is 30.7 Å². The summed E-state index contributed by atoms with van der Waals surface area (Å²) in [7, 11) is 0. The molecule has 0 bridgehead atoms. The van der Waals surface area contributed by atoms with E-state index in [1.165, 1.54) is 38.4 Å². The van der Waals surface area contributed by atoms with E-state index in [9.17, 15) is 0 Å². The first kappa shape index (κ1) is 24.6. The van der Waals surface area contributed by atoms with Crippen molar-refractivity contribution in [3.63, 3.8) is 0 Å². The third kappa shape index (κ3) is 3.49. The molecule has 8 aromatic rings. The Balaban J connectivity index is 1.39. The summed E-state index contributed by atoms with van der Waals surface area (Å²) < 4.78 is 2.20. The van der Waals surface area contributed by atoms with Crippen LogP contribution in [0.25, 0.3) is 71.8 Å². The highest BCUT2D eigenvalue weighted by molar-refractivity contribution is 6.31. The lowest BCUT2D eigenvalue weighted by Crippen LogP contribution is -2.14. The van der Waals surface area contributed by atoms with Crippen molar-refractivity contribution in [2.45, 2.75) is 19.3 Å². The maximum Gasteiger partial charge on any atom is 0.235 e. The SMILES string of the molecule is CC1(C)c2ccccc2-c2cc3c(cc21)c1ccc(Cl)cc1n3-c1nc(-c2ccc3ccccc3c2)c2ccccc2n1. The summed E-state index contributed by atoms with van der Waals surface area (Å²) in [6, 6.07) is 42.9. The minimum atomic E-state index is -0.0936. The van der Waals surface area contributed by atoms with Gasteiger partial charge in [0.2, 0.25) is 5.95 Å². The molecule has 0 aliphatic heterocycles. The zero-order chi connectivity index (χ0) is 28.9. The summed E-state index contributed by atoms with van der Waals surface area (Å²) in [5, 5.41) is 6.42. The van der Waals surface area contributed by atoms with Gasteiger partial charge in [-0.25, -0.2) is 9.97 Å². The summed E-state index contributed by atoms with van der Waals surface area (Å²) in [4.78, 5) is 10.5. The maximum absolute atomic E-state index is 6.64. The smallest absolute Gasteiger partial charge is 0.235 e. The second kappa shape index (κ2) is 8.76.